The fourth-order valence-electron chi connectivity index (χ4n) is 14.4. The highest BCUT2D eigenvalue weighted by atomic mass is 16.5. The van der Waals surface area contributed by atoms with Crippen molar-refractivity contribution in [3.8, 4) is 103 Å². The molecular weight excluding hydrogens is 1370 g/mol. The van der Waals surface area contributed by atoms with E-state index in [2.05, 4.69) is 76.5 Å². The van der Waals surface area contributed by atoms with Gasteiger partial charge in [-0.05, 0) is 108 Å². The molecule has 9 heterocycles. The van der Waals surface area contributed by atoms with Crippen LogP contribution < -0.4 is 0 Å². The molecule has 108 heavy (non-hydrogen) atoms. The third-order valence-electron chi connectivity index (χ3n) is 20.4. The number of likely N-dealkylation sites (tertiary alicyclic amines) is 3. The van der Waals surface area contributed by atoms with Crippen LogP contribution in [0, 0.1) is 5.92 Å². The van der Waals surface area contributed by atoms with Crippen molar-refractivity contribution >= 4 is 17.3 Å². The zero-order valence-electron chi connectivity index (χ0n) is 61.7. The molecule has 12 aromatic rings. The predicted molar refractivity (Wildman–Crippen MR) is 405 cm³/mol. The predicted octanol–water partition coefficient (Wildman–Crippen LogP) is 15.2. The largest absolute Gasteiger partial charge is 0.387 e. The second kappa shape index (κ2) is 35.2. The van der Waals surface area contributed by atoms with E-state index >= 15 is 0 Å². The Labute approximate surface area is 626 Å². The Morgan fingerprint density at radius 1 is 0.380 bits per heavy atom. The third kappa shape index (κ3) is 17.6. The summed E-state index contributed by atoms with van der Waals surface area (Å²) in [5.41, 5.74) is 12.1. The molecular formula is C84H90N12O12. The minimum absolute atomic E-state index is 0.0711. The average molecular weight is 1460 g/mol. The first-order valence-corrected chi connectivity index (χ1v) is 37.3. The van der Waals surface area contributed by atoms with Gasteiger partial charge in [0.15, 0.2) is 34.4 Å². The van der Waals surface area contributed by atoms with E-state index < -0.39 is 18.3 Å². The van der Waals surface area contributed by atoms with Crippen LogP contribution in [0.25, 0.3) is 103 Å². The number of aliphatic hydroxyl groups excluding tert-OH is 3. The number of Topliss-reactive ketones (excluding diaryl/α,β-unsaturated/α-hetero) is 3. The lowest BCUT2D eigenvalue weighted by Gasteiger charge is -2.40. The van der Waals surface area contributed by atoms with Crippen molar-refractivity contribution in [3.05, 3.63) is 197 Å². The highest BCUT2D eigenvalue weighted by Gasteiger charge is 2.35. The molecule has 4 unspecified atom stereocenters. The summed E-state index contributed by atoms with van der Waals surface area (Å²) in [5, 5.41) is 57.4. The highest BCUT2D eigenvalue weighted by Crippen LogP contribution is 2.38. The molecule has 0 spiro atoms. The molecule has 3 saturated heterocycles. The first-order valence-electron chi connectivity index (χ1n) is 37.3. The molecule has 0 radical (unpaired) electrons. The summed E-state index contributed by atoms with van der Waals surface area (Å²) < 4.78 is 33.8. The second-order valence-corrected chi connectivity index (χ2v) is 27.9. The van der Waals surface area contributed by atoms with Gasteiger partial charge in [0, 0.05) is 82.2 Å². The number of aromatic nitrogens is 9. The number of hydrogen-bond acceptors (Lipinski definition) is 24. The summed E-state index contributed by atoms with van der Waals surface area (Å²) in [7, 11) is 0. The summed E-state index contributed by atoms with van der Waals surface area (Å²) >= 11 is 0. The van der Waals surface area contributed by atoms with Gasteiger partial charge in [0.25, 0.3) is 17.7 Å². The van der Waals surface area contributed by atoms with Crippen LogP contribution in [0.15, 0.2) is 191 Å². The normalized spacial score (nSPS) is 16.4. The smallest absolute Gasteiger partial charge is 0.280 e. The minimum Gasteiger partial charge on any atom is -0.387 e. The minimum atomic E-state index is -0.678. The molecule has 0 bridgehead atoms. The van der Waals surface area contributed by atoms with Crippen molar-refractivity contribution in [1.29, 1.82) is 0 Å². The van der Waals surface area contributed by atoms with Crippen LogP contribution in [0.5, 0.6) is 0 Å². The summed E-state index contributed by atoms with van der Waals surface area (Å²) in [6.07, 6.45) is 7.56. The highest BCUT2D eigenvalue weighted by molar-refractivity contribution is 5.83. The van der Waals surface area contributed by atoms with E-state index in [9.17, 15) is 29.7 Å². The SMILES string of the molecule is CCCc1c(-c2nc(-c3ccc(C(O)CN4CCC(C(C)=O)CC4)cc3)no2)noc1-c1ccccc1.CCCc1c(-c2nc(-c3ccc(C(O)CN4CCCC4C(C)=O)cc3)no2)noc1-c1ccccc1.CCCc1c(-c2nc(-c3ccc(C(O)CN4CC[C@H]4C(C)=O)cc3)no2)noc1-c1ccccc1. The molecule has 6 aromatic carbocycles. The Kier molecular flexibility index (Phi) is 24.6. The van der Waals surface area contributed by atoms with E-state index in [0.717, 1.165) is 181 Å². The van der Waals surface area contributed by atoms with Crippen LogP contribution in [0.4, 0.5) is 0 Å². The number of rotatable bonds is 27. The molecule has 6 aromatic heterocycles. The van der Waals surface area contributed by atoms with Gasteiger partial charge in [-0.25, -0.2) is 0 Å². The quantitative estimate of drug-likeness (QED) is 0.0431. The van der Waals surface area contributed by atoms with Crippen LogP contribution in [0.3, 0.4) is 0 Å². The first-order chi connectivity index (χ1) is 52.6. The van der Waals surface area contributed by atoms with Gasteiger partial charge in [-0.2, -0.15) is 15.0 Å². The van der Waals surface area contributed by atoms with Gasteiger partial charge < -0.3 is 47.4 Å². The number of piperidine rings is 1. The number of carbonyl (C=O) groups excluding carboxylic acids is 3. The van der Waals surface area contributed by atoms with Gasteiger partial charge >= 0.3 is 0 Å². The molecule has 0 saturated carbocycles. The first kappa shape index (κ1) is 75.4. The lowest BCUT2D eigenvalue weighted by atomic mass is 9.93. The van der Waals surface area contributed by atoms with Gasteiger partial charge in [0.1, 0.15) is 17.3 Å². The van der Waals surface area contributed by atoms with E-state index in [-0.39, 0.29) is 35.4 Å². The second-order valence-electron chi connectivity index (χ2n) is 27.9. The van der Waals surface area contributed by atoms with Crippen molar-refractivity contribution in [3.63, 3.8) is 0 Å². The molecule has 5 atom stereocenters. The molecule has 0 amide bonds. The monoisotopic (exact) mass is 1460 g/mol. The zero-order chi connectivity index (χ0) is 75.2. The lowest BCUT2D eigenvalue weighted by Crippen LogP contribution is -2.52. The lowest BCUT2D eigenvalue weighted by molar-refractivity contribution is -0.127. The van der Waals surface area contributed by atoms with Crippen LogP contribution >= 0.6 is 0 Å². The van der Waals surface area contributed by atoms with Crippen LogP contribution in [0.1, 0.15) is 145 Å². The van der Waals surface area contributed by atoms with E-state index in [1.54, 1.807) is 20.8 Å². The number of nitrogens with zero attached hydrogens (tertiary/aromatic N) is 12. The Balaban J connectivity index is 0.000000143. The number of carbonyl (C=O) groups is 3. The van der Waals surface area contributed by atoms with Gasteiger partial charge in [0.2, 0.25) is 17.5 Å². The van der Waals surface area contributed by atoms with E-state index in [0.29, 0.717) is 71.9 Å². The van der Waals surface area contributed by atoms with Crippen molar-refractivity contribution in [1.82, 2.24) is 60.6 Å². The van der Waals surface area contributed by atoms with Crippen LogP contribution in [-0.2, 0) is 33.6 Å². The van der Waals surface area contributed by atoms with Gasteiger partial charge in [0.05, 0.1) is 30.4 Å². The Hall–Kier alpha value is -10.9. The van der Waals surface area contributed by atoms with E-state index in [1.165, 1.54) is 0 Å². The average Bonchev–Trinajstić information content (AvgIpc) is 1.62. The molecule has 24 heteroatoms. The summed E-state index contributed by atoms with van der Waals surface area (Å²) in [6.45, 7) is 15.9. The summed E-state index contributed by atoms with van der Waals surface area (Å²) in [4.78, 5) is 55.1. The topological polar surface area (TPSA) is 316 Å². The van der Waals surface area contributed by atoms with Crippen LogP contribution in [-0.4, -0.2) is 151 Å². The molecule has 3 aliphatic heterocycles. The Morgan fingerprint density at radius 3 is 1.03 bits per heavy atom. The molecule has 3 fully saturated rings. The number of benzene rings is 6. The molecule has 3 aliphatic rings. The molecule has 15 rings (SSSR count). The maximum atomic E-state index is 11.9. The van der Waals surface area contributed by atoms with Gasteiger partial charge in [-0.3, -0.25) is 24.2 Å². The number of β-amino-alcohol motifs (C(OH)–C–C–N with tert-alkyl or cyclic N) is 3. The van der Waals surface area contributed by atoms with Gasteiger partial charge in [-0.15, -0.1) is 0 Å². The van der Waals surface area contributed by atoms with Crippen molar-refractivity contribution in [2.24, 2.45) is 5.92 Å². The van der Waals surface area contributed by atoms with Crippen molar-refractivity contribution in [2.75, 3.05) is 45.8 Å². The molecule has 24 nitrogen and oxygen atoms in total. The fourth-order valence-corrected chi connectivity index (χ4v) is 14.4. The van der Waals surface area contributed by atoms with Gasteiger partial charge in [-0.1, -0.05) is 235 Å². The van der Waals surface area contributed by atoms with E-state index in [1.807, 2.05) is 169 Å². The van der Waals surface area contributed by atoms with E-state index in [4.69, 9.17) is 27.1 Å². The summed E-state index contributed by atoms with van der Waals surface area (Å²) in [5.74, 6) is 5.17. The maximum absolute atomic E-state index is 11.9. The molecule has 0 aliphatic carbocycles. The maximum Gasteiger partial charge on any atom is 0.280 e. The Morgan fingerprint density at radius 2 is 0.713 bits per heavy atom. The number of ketones is 3. The molecule has 558 valence electrons. The Bertz CT molecular complexity index is 4910. The third-order valence-corrected chi connectivity index (χ3v) is 20.4. The molecule has 3 N–H and O–H groups in total. The summed E-state index contributed by atoms with van der Waals surface area (Å²) in [6, 6.07) is 51.9. The number of aliphatic hydroxyl groups is 3. The standard InChI is InChI=1S/C29H32N4O4.C28H30N4O4.C27H28N4O4/c1-3-7-24-26(31-36-27(24)22-8-5-4-6-9-22)29-30-28(32-37-29)23-12-10-21(11-13-23)25(35)18-33-16-14-20(15-17-33)19(2)34;1-3-8-22-25(30-35-26(22)20-9-5-4-6-10-20)28-29-27(31-36-28)21-14-12-19(13-15-21)24(34)17-32-16-7-11-23(32)18(2)33;1-3-7-21-24(29-34-25(21)19-8-5-4-6-9-19)27-28-26(30-35-27)20-12-10-18(11-13-20)23(33)16-31-15-14-22(31)17(2)32/h4-6,8-13,20,25,35H,3,7,14-18H2,1-2H3;4-6,9-10,12-15,23-24,34H,3,7-8,11,16-17H2,1-2H3;4-6,8-13,22-23,33H,3,7,14-16H2,1-2H3/t;;22-,23?/m..0/s1. The zero-order valence-corrected chi connectivity index (χ0v) is 61.7. The number of hydrogen-bond donors (Lipinski definition) is 3. The van der Waals surface area contributed by atoms with Crippen molar-refractivity contribution in [2.45, 2.75) is 143 Å². The fraction of sp³-hybridized carbons (Fsp3) is 0.357. The van der Waals surface area contributed by atoms with Crippen LogP contribution in [0.2, 0.25) is 0 Å². The van der Waals surface area contributed by atoms with Crippen molar-refractivity contribution < 1.29 is 56.8 Å².